The van der Waals surface area contributed by atoms with Crippen molar-refractivity contribution in [1.82, 2.24) is 16.0 Å². The van der Waals surface area contributed by atoms with Gasteiger partial charge in [-0.05, 0) is 59.3 Å². The Balaban J connectivity index is 2.59. The van der Waals surface area contributed by atoms with E-state index in [4.69, 9.17) is 19.7 Å². The Labute approximate surface area is 177 Å². The number of benzene rings is 1. The number of hydrogen-bond acceptors (Lipinski definition) is 5. The fraction of sp³-hybridized carbons (Fsp3) is 0.500. The van der Waals surface area contributed by atoms with Gasteiger partial charge in [0.25, 0.3) is 0 Å². The molecule has 0 aliphatic rings. The van der Waals surface area contributed by atoms with Gasteiger partial charge in [-0.25, -0.2) is 9.59 Å². The molecule has 0 fully saturated rings. The molecule has 11 heteroatoms. The Morgan fingerprint density at radius 3 is 2.28 bits per heavy atom. The summed E-state index contributed by atoms with van der Waals surface area (Å²) in [4.78, 5) is 33.7. The summed E-state index contributed by atoms with van der Waals surface area (Å²) in [5.74, 6) is 0.826. The number of carboxylic acid groups (broad SMARTS) is 2. The third-order valence-electron chi connectivity index (χ3n) is 4.06. The number of nitrogens with one attached hydrogen (secondary N) is 3. The molecule has 10 nitrogen and oxygen atoms in total. The fourth-order valence-electron chi connectivity index (χ4n) is 2.65. The molecule has 162 valence electrons. The molecule has 0 spiro atoms. The first-order valence-electron chi connectivity index (χ1n) is 8.92. The zero-order valence-electron chi connectivity index (χ0n) is 16.3. The molecule has 1 aromatic carbocycles. The maximum absolute atomic E-state index is 12.4. The molecule has 0 bridgehead atoms. The van der Waals surface area contributed by atoms with E-state index >= 15 is 0 Å². The molecular weight excluding hydrogens is 450 g/mol. The highest BCUT2D eigenvalue weighted by molar-refractivity contribution is 9.10. The second-order valence-corrected chi connectivity index (χ2v) is 6.92. The van der Waals surface area contributed by atoms with Gasteiger partial charge in [0.1, 0.15) is 17.5 Å². The standard InChI is InChI=1S/C18H26BrN3O7/c1-28-14-10-12(19)15(29-2)9-11(14)6-8-20-16(23)13(22-18(26)27)5-3-4-7-21-17(24)25/h9-10,13,21-22H,3-8H2,1-2H3,(H,20,23)(H,24,25)(H,26,27). The third-order valence-corrected chi connectivity index (χ3v) is 4.68. The molecule has 0 saturated heterocycles. The van der Waals surface area contributed by atoms with E-state index in [0.29, 0.717) is 30.8 Å². The lowest BCUT2D eigenvalue weighted by Crippen LogP contribution is -2.46. The minimum absolute atomic E-state index is 0.238. The van der Waals surface area contributed by atoms with Crippen molar-refractivity contribution in [3.63, 3.8) is 0 Å². The molecule has 1 unspecified atom stereocenters. The molecule has 0 aromatic heterocycles. The largest absolute Gasteiger partial charge is 0.496 e. The second-order valence-electron chi connectivity index (χ2n) is 6.07. The lowest BCUT2D eigenvalue weighted by atomic mass is 10.1. The summed E-state index contributed by atoms with van der Waals surface area (Å²) in [7, 11) is 3.09. The van der Waals surface area contributed by atoms with Crippen LogP contribution in [-0.4, -0.2) is 61.7 Å². The van der Waals surface area contributed by atoms with E-state index in [1.165, 1.54) is 0 Å². The van der Waals surface area contributed by atoms with Gasteiger partial charge in [-0.1, -0.05) is 0 Å². The second kappa shape index (κ2) is 12.7. The number of methoxy groups -OCH3 is 2. The molecule has 1 aromatic rings. The van der Waals surface area contributed by atoms with Gasteiger partial charge in [-0.3, -0.25) is 4.79 Å². The van der Waals surface area contributed by atoms with Crippen molar-refractivity contribution in [3.8, 4) is 11.5 Å². The average Bonchev–Trinajstić information content (AvgIpc) is 2.66. The van der Waals surface area contributed by atoms with Crippen LogP contribution < -0.4 is 25.4 Å². The Kier molecular flexibility index (Phi) is 10.7. The summed E-state index contributed by atoms with van der Waals surface area (Å²) in [6, 6.07) is 2.66. The zero-order valence-corrected chi connectivity index (χ0v) is 17.9. The zero-order chi connectivity index (χ0) is 21.8. The molecule has 5 N–H and O–H groups in total. The van der Waals surface area contributed by atoms with Gasteiger partial charge >= 0.3 is 12.2 Å². The van der Waals surface area contributed by atoms with Crippen LogP contribution in [0.1, 0.15) is 24.8 Å². The summed E-state index contributed by atoms with van der Waals surface area (Å²) in [6.07, 6.45) is -0.726. The normalized spacial score (nSPS) is 11.3. The van der Waals surface area contributed by atoms with Gasteiger partial charge in [0.05, 0.1) is 18.7 Å². The number of rotatable bonds is 12. The molecule has 0 aliphatic carbocycles. The van der Waals surface area contributed by atoms with E-state index in [0.717, 1.165) is 10.0 Å². The van der Waals surface area contributed by atoms with Crippen molar-refractivity contribution in [1.29, 1.82) is 0 Å². The molecule has 0 aliphatic heterocycles. The highest BCUT2D eigenvalue weighted by Gasteiger charge is 2.20. The van der Waals surface area contributed by atoms with E-state index in [1.54, 1.807) is 26.4 Å². The Hall–Kier alpha value is -2.69. The van der Waals surface area contributed by atoms with Crippen LogP contribution in [0.4, 0.5) is 9.59 Å². The quantitative estimate of drug-likeness (QED) is 0.291. The van der Waals surface area contributed by atoms with Crippen LogP contribution in [0.3, 0.4) is 0 Å². The monoisotopic (exact) mass is 475 g/mol. The number of halogens is 1. The number of hydrogen-bond donors (Lipinski definition) is 5. The third kappa shape index (κ3) is 8.90. The average molecular weight is 476 g/mol. The van der Waals surface area contributed by atoms with Crippen LogP contribution in [-0.2, 0) is 11.2 Å². The number of carbonyl (C=O) groups is 3. The number of unbranched alkanes of at least 4 members (excludes halogenated alkanes) is 1. The summed E-state index contributed by atoms with van der Waals surface area (Å²) in [6.45, 7) is 0.514. The first-order chi connectivity index (χ1) is 13.8. The number of carbonyl (C=O) groups excluding carboxylic acids is 1. The molecular formula is C18H26BrN3O7. The molecule has 0 radical (unpaired) electrons. The molecule has 0 saturated carbocycles. The van der Waals surface area contributed by atoms with Gasteiger partial charge < -0.3 is 35.6 Å². The van der Waals surface area contributed by atoms with Crippen molar-refractivity contribution >= 4 is 34.0 Å². The van der Waals surface area contributed by atoms with Crippen LogP contribution in [0.5, 0.6) is 11.5 Å². The van der Waals surface area contributed by atoms with Gasteiger partial charge in [0, 0.05) is 13.1 Å². The Bertz CT molecular complexity index is 715. The summed E-state index contributed by atoms with van der Waals surface area (Å²) in [5, 5.41) is 24.6. The minimum Gasteiger partial charge on any atom is -0.496 e. The van der Waals surface area contributed by atoms with Crippen LogP contribution in [0.15, 0.2) is 16.6 Å². The summed E-state index contributed by atoms with van der Waals surface area (Å²) < 4.78 is 11.3. The maximum atomic E-state index is 12.4. The van der Waals surface area contributed by atoms with E-state index in [-0.39, 0.29) is 19.5 Å². The van der Waals surface area contributed by atoms with E-state index in [2.05, 4.69) is 31.9 Å². The lowest BCUT2D eigenvalue weighted by Gasteiger charge is -2.17. The fourth-order valence-corrected chi connectivity index (χ4v) is 3.13. The van der Waals surface area contributed by atoms with Gasteiger partial charge in [-0.15, -0.1) is 0 Å². The first kappa shape index (κ1) is 24.3. The van der Waals surface area contributed by atoms with Crippen molar-refractivity contribution in [2.75, 3.05) is 27.3 Å². The minimum atomic E-state index is -1.30. The first-order valence-corrected chi connectivity index (χ1v) is 9.72. The van der Waals surface area contributed by atoms with Gasteiger partial charge in [0.15, 0.2) is 0 Å². The van der Waals surface area contributed by atoms with E-state index in [9.17, 15) is 14.4 Å². The number of amides is 3. The Morgan fingerprint density at radius 2 is 1.69 bits per heavy atom. The number of ether oxygens (including phenoxy) is 2. The van der Waals surface area contributed by atoms with E-state index in [1.807, 2.05) is 0 Å². The molecule has 3 amide bonds. The van der Waals surface area contributed by atoms with Crippen molar-refractivity contribution in [2.45, 2.75) is 31.7 Å². The predicted molar refractivity (Wildman–Crippen MR) is 109 cm³/mol. The van der Waals surface area contributed by atoms with E-state index < -0.39 is 24.1 Å². The van der Waals surface area contributed by atoms with Crippen LogP contribution in [0.2, 0.25) is 0 Å². The molecule has 0 heterocycles. The molecule has 1 atom stereocenters. The smallest absolute Gasteiger partial charge is 0.405 e. The van der Waals surface area contributed by atoms with Crippen LogP contribution in [0.25, 0.3) is 0 Å². The molecule has 29 heavy (non-hydrogen) atoms. The Morgan fingerprint density at radius 1 is 1.00 bits per heavy atom. The summed E-state index contributed by atoms with van der Waals surface area (Å²) >= 11 is 3.38. The van der Waals surface area contributed by atoms with Crippen LogP contribution in [0, 0.1) is 0 Å². The predicted octanol–water partition coefficient (Wildman–Crippen LogP) is 2.20. The van der Waals surface area contributed by atoms with Crippen molar-refractivity contribution in [2.24, 2.45) is 0 Å². The van der Waals surface area contributed by atoms with Gasteiger partial charge in [-0.2, -0.15) is 0 Å². The van der Waals surface area contributed by atoms with Crippen LogP contribution >= 0.6 is 15.9 Å². The van der Waals surface area contributed by atoms with Crippen molar-refractivity contribution < 1.29 is 34.1 Å². The van der Waals surface area contributed by atoms with Gasteiger partial charge in [0.2, 0.25) is 5.91 Å². The van der Waals surface area contributed by atoms with Crippen molar-refractivity contribution in [3.05, 3.63) is 22.2 Å². The maximum Gasteiger partial charge on any atom is 0.405 e. The lowest BCUT2D eigenvalue weighted by molar-refractivity contribution is -0.123. The SMILES string of the molecule is COc1cc(CCNC(=O)C(CCCCNC(=O)O)NC(=O)O)c(OC)cc1Br. The highest BCUT2D eigenvalue weighted by Crippen LogP contribution is 2.32. The molecule has 1 rings (SSSR count). The summed E-state index contributed by atoms with van der Waals surface area (Å²) in [5.41, 5.74) is 0.829. The topological polar surface area (TPSA) is 146 Å². The highest BCUT2D eigenvalue weighted by atomic mass is 79.9.